The summed E-state index contributed by atoms with van der Waals surface area (Å²) in [7, 11) is 1.29. The van der Waals surface area contributed by atoms with E-state index in [1.54, 1.807) is 6.92 Å². The van der Waals surface area contributed by atoms with Gasteiger partial charge in [0, 0.05) is 22.7 Å². The van der Waals surface area contributed by atoms with Crippen LogP contribution in [-0.4, -0.2) is 30.2 Å². The van der Waals surface area contributed by atoms with E-state index in [-0.39, 0.29) is 29.9 Å². The minimum atomic E-state index is -4.54. The van der Waals surface area contributed by atoms with Crippen LogP contribution in [0, 0.1) is 12.7 Å². The first-order valence-electron chi connectivity index (χ1n) is 9.83. The summed E-state index contributed by atoms with van der Waals surface area (Å²) < 4.78 is 64.4. The molecule has 0 saturated carbocycles. The minimum Gasteiger partial charge on any atom is -0.494 e. The fraction of sp³-hybridized carbons (Fsp3) is 0.304. The predicted molar refractivity (Wildman–Crippen MR) is 109 cm³/mol. The van der Waals surface area contributed by atoms with Gasteiger partial charge in [0.05, 0.1) is 31.2 Å². The number of hydrogen-bond donors (Lipinski definition) is 0. The Kier molecular flexibility index (Phi) is 6.57. The molecule has 0 spiro atoms. The summed E-state index contributed by atoms with van der Waals surface area (Å²) >= 11 is 0. The van der Waals surface area contributed by atoms with Gasteiger partial charge in [0.25, 0.3) is 5.91 Å². The normalized spacial score (nSPS) is 11.6. The zero-order chi connectivity index (χ0) is 23.6. The second-order valence-electron chi connectivity index (χ2n) is 7.18. The van der Waals surface area contributed by atoms with Crippen LogP contribution in [0.4, 0.5) is 17.6 Å². The molecule has 0 N–H and O–H groups in total. The number of hydrogen-bond acceptors (Lipinski definition) is 4. The molecule has 0 radical (unpaired) electrons. The molecule has 0 saturated heterocycles. The molecule has 0 amide bonds. The lowest BCUT2D eigenvalue weighted by atomic mass is 10.1. The number of carbonyl (C=O) groups excluding carboxylic acids is 2. The van der Waals surface area contributed by atoms with Crippen molar-refractivity contribution in [3.05, 3.63) is 64.6 Å². The van der Waals surface area contributed by atoms with Crippen molar-refractivity contribution in [1.29, 1.82) is 0 Å². The summed E-state index contributed by atoms with van der Waals surface area (Å²) in [6.07, 6.45) is -4.06. The highest BCUT2D eigenvalue weighted by Crippen LogP contribution is 2.33. The largest absolute Gasteiger partial charge is 0.494 e. The van der Waals surface area contributed by atoms with Gasteiger partial charge in [0.2, 0.25) is 0 Å². The number of ether oxygens (including phenoxy) is 2. The van der Waals surface area contributed by atoms with E-state index >= 15 is 0 Å². The Morgan fingerprint density at radius 3 is 2.31 bits per heavy atom. The number of alkyl halides is 3. The lowest BCUT2D eigenvalue weighted by Crippen LogP contribution is -2.15. The fourth-order valence-corrected chi connectivity index (χ4v) is 3.46. The highest BCUT2D eigenvalue weighted by molar-refractivity contribution is 6.05. The van der Waals surface area contributed by atoms with E-state index in [1.165, 1.54) is 17.7 Å². The number of carbonyl (C=O) groups is 2. The second-order valence-corrected chi connectivity index (χ2v) is 7.18. The topological polar surface area (TPSA) is 57.5 Å². The third-order valence-corrected chi connectivity index (χ3v) is 5.06. The average Bonchev–Trinajstić information content (AvgIpc) is 3.00. The molecule has 0 aliphatic heterocycles. The summed E-state index contributed by atoms with van der Waals surface area (Å²) in [5.41, 5.74) is 0.0577. The summed E-state index contributed by atoms with van der Waals surface area (Å²) in [4.78, 5) is 25.4. The summed E-state index contributed by atoms with van der Waals surface area (Å²) in [6.45, 7) is 3.66. The van der Waals surface area contributed by atoms with Crippen molar-refractivity contribution in [2.24, 2.45) is 0 Å². The highest BCUT2D eigenvalue weighted by atomic mass is 19.4. The monoisotopic (exact) mass is 451 g/mol. The smallest absolute Gasteiger partial charge is 0.416 e. The first-order valence-corrected chi connectivity index (χ1v) is 9.83. The average molecular weight is 451 g/mol. The number of benzene rings is 2. The molecule has 170 valence electrons. The number of nitrogens with zero attached hydrogens (tertiary/aromatic N) is 1. The van der Waals surface area contributed by atoms with Crippen molar-refractivity contribution in [3.63, 3.8) is 0 Å². The van der Waals surface area contributed by atoms with E-state index in [1.807, 2.05) is 6.92 Å². The van der Waals surface area contributed by atoms with Crippen molar-refractivity contribution in [2.45, 2.75) is 32.9 Å². The first kappa shape index (κ1) is 23.3. The molecule has 0 aliphatic rings. The van der Waals surface area contributed by atoms with E-state index < -0.39 is 29.4 Å². The highest BCUT2D eigenvalue weighted by Gasteiger charge is 2.30. The maximum Gasteiger partial charge on any atom is 0.416 e. The van der Waals surface area contributed by atoms with E-state index in [9.17, 15) is 27.2 Å². The number of esters is 1. The molecule has 1 aromatic heterocycles. The van der Waals surface area contributed by atoms with E-state index in [2.05, 4.69) is 0 Å². The van der Waals surface area contributed by atoms with Gasteiger partial charge in [-0.1, -0.05) is 6.92 Å². The molecule has 0 bridgehead atoms. The van der Waals surface area contributed by atoms with Gasteiger partial charge in [-0.15, -0.1) is 0 Å². The zero-order valence-corrected chi connectivity index (χ0v) is 17.7. The van der Waals surface area contributed by atoms with Crippen molar-refractivity contribution in [1.82, 2.24) is 4.57 Å². The predicted octanol–water partition coefficient (Wildman–Crippen LogP) is 5.30. The van der Waals surface area contributed by atoms with Crippen LogP contribution in [0.2, 0.25) is 0 Å². The first-order chi connectivity index (χ1) is 15.1. The number of fused-ring (bicyclic) bond motifs is 1. The fourth-order valence-electron chi connectivity index (χ4n) is 3.46. The van der Waals surface area contributed by atoms with Crippen LogP contribution in [0.5, 0.6) is 5.75 Å². The van der Waals surface area contributed by atoms with Crippen molar-refractivity contribution >= 4 is 22.8 Å². The Morgan fingerprint density at radius 1 is 1.09 bits per heavy atom. The van der Waals surface area contributed by atoms with Gasteiger partial charge in [0.1, 0.15) is 0 Å². The van der Waals surface area contributed by atoms with Crippen LogP contribution >= 0.6 is 0 Å². The van der Waals surface area contributed by atoms with Crippen molar-refractivity contribution < 1.29 is 36.6 Å². The van der Waals surface area contributed by atoms with Crippen LogP contribution in [-0.2, 0) is 22.1 Å². The molecule has 0 fully saturated rings. The Bertz CT molecular complexity index is 1160. The molecule has 0 atom stereocenters. The lowest BCUT2D eigenvalue weighted by molar-refractivity contribution is -0.142. The van der Waals surface area contributed by atoms with Crippen LogP contribution in [0.1, 0.15) is 40.5 Å². The minimum absolute atomic E-state index is 0.0191. The number of methoxy groups -OCH3 is 1. The second kappa shape index (κ2) is 9.02. The van der Waals surface area contributed by atoms with E-state index in [0.29, 0.717) is 23.1 Å². The molecule has 32 heavy (non-hydrogen) atoms. The third-order valence-electron chi connectivity index (χ3n) is 5.06. The molecular weight excluding hydrogens is 430 g/mol. The van der Waals surface area contributed by atoms with Crippen LogP contribution in [0.25, 0.3) is 10.9 Å². The van der Waals surface area contributed by atoms with Gasteiger partial charge in [-0.2, -0.15) is 13.2 Å². The van der Waals surface area contributed by atoms with Crippen LogP contribution in [0.15, 0.2) is 36.4 Å². The molecule has 5 nitrogen and oxygen atoms in total. The van der Waals surface area contributed by atoms with Crippen LogP contribution in [0.3, 0.4) is 0 Å². The Hall–Kier alpha value is -3.36. The van der Waals surface area contributed by atoms with Gasteiger partial charge in [-0.25, -0.2) is 4.39 Å². The van der Waals surface area contributed by atoms with Gasteiger partial charge in [0.15, 0.2) is 11.6 Å². The molecule has 1 heterocycles. The van der Waals surface area contributed by atoms with Crippen molar-refractivity contribution in [3.8, 4) is 5.75 Å². The number of aromatic nitrogens is 1. The molecule has 3 aromatic rings. The maximum absolute atomic E-state index is 14.5. The third kappa shape index (κ3) is 4.46. The number of halogens is 4. The molecule has 2 aromatic carbocycles. The number of rotatable bonds is 6. The summed E-state index contributed by atoms with van der Waals surface area (Å²) in [6, 6.07) is 6.22. The van der Waals surface area contributed by atoms with E-state index in [4.69, 9.17) is 9.47 Å². The van der Waals surface area contributed by atoms with Gasteiger partial charge < -0.3 is 9.47 Å². The molecule has 0 unspecified atom stereocenters. The van der Waals surface area contributed by atoms with E-state index in [0.717, 1.165) is 30.3 Å². The maximum atomic E-state index is 14.5. The molecular formula is C23H21F4NO4. The molecule has 0 aliphatic carbocycles. The van der Waals surface area contributed by atoms with Crippen LogP contribution < -0.4 is 4.74 Å². The van der Waals surface area contributed by atoms with Gasteiger partial charge in [-0.3, -0.25) is 14.2 Å². The standard InChI is InChI=1S/C23H21F4NO4/c1-4-9-32-21(29)11-16-13(2)28(19-12-18(24)20(31-3)10-17(16)19)22(30)14-5-7-15(8-6-14)23(25,26)27/h5-8,10,12H,4,9,11H2,1-3H3. The van der Waals surface area contributed by atoms with Crippen molar-refractivity contribution in [2.75, 3.05) is 13.7 Å². The SMILES string of the molecule is CCCOC(=O)Cc1c(C)n(C(=O)c2ccc(C(F)(F)F)cc2)c2cc(F)c(OC)cc12. The molecule has 9 heteroatoms. The molecule has 3 rings (SSSR count). The van der Waals surface area contributed by atoms with Gasteiger partial charge >= 0.3 is 12.1 Å². The Morgan fingerprint density at radius 2 is 1.75 bits per heavy atom. The Balaban J connectivity index is 2.13. The Labute approximate surface area is 181 Å². The quantitative estimate of drug-likeness (QED) is 0.377. The summed E-state index contributed by atoms with van der Waals surface area (Å²) in [5.74, 6) is -1.96. The van der Waals surface area contributed by atoms with Gasteiger partial charge in [-0.05, 0) is 49.2 Å². The zero-order valence-electron chi connectivity index (χ0n) is 17.7. The summed E-state index contributed by atoms with van der Waals surface area (Å²) in [5, 5.41) is 0.412. The lowest BCUT2D eigenvalue weighted by Gasteiger charge is -2.10.